The zero-order valence-corrected chi connectivity index (χ0v) is 10.7. The Bertz CT molecular complexity index is 618. The topological polar surface area (TPSA) is 30.0 Å². The molecule has 20 heavy (non-hydrogen) atoms. The van der Waals surface area contributed by atoms with Crippen LogP contribution in [-0.4, -0.2) is 10.8 Å². The molecule has 0 N–H and O–H groups in total. The average Bonchev–Trinajstić information content (AvgIpc) is 2.38. The second-order valence-electron chi connectivity index (χ2n) is 4.43. The molecule has 2 rings (SSSR count). The Kier molecular flexibility index (Phi) is 3.88. The minimum atomic E-state index is -4.36. The molecule has 0 spiro atoms. The zero-order valence-electron chi connectivity index (χ0n) is 10.7. The Hall–Kier alpha value is -2.17. The van der Waals surface area contributed by atoms with Crippen LogP contribution in [0.3, 0.4) is 0 Å². The van der Waals surface area contributed by atoms with Crippen LogP contribution < -0.4 is 0 Å². The summed E-state index contributed by atoms with van der Waals surface area (Å²) < 4.78 is 37.3. The van der Waals surface area contributed by atoms with E-state index in [1.807, 2.05) is 0 Å². The standard InChI is InChI=1S/C15H12F3NO/c1-10-13(3-2-8-19-10)14(20)9-11-4-6-12(7-5-11)15(16,17)18/h2-8H,9H2,1H3. The van der Waals surface area contributed by atoms with E-state index in [9.17, 15) is 18.0 Å². The Morgan fingerprint density at radius 2 is 1.80 bits per heavy atom. The van der Waals surface area contributed by atoms with E-state index in [4.69, 9.17) is 0 Å². The van der Waals surface area contributed by atoms with Gasteiger partial charge in [-0.15, -0.1) is 0 Å². The van der Waals surface area contributed by atoms with Gasteiger partial charge in [0.25, 0.3) is 0 Å². The van der Waals surface area contributed by atoms with Gasteiger partial charge in [-0.1, -0.05) is 12.1 Å². The molecule has 0 aliphatic rings. The van der Waals surface area contributed by atoms with Gasteiger partial charge in [-0.05, 0) is 36.8 Å². The molecule has 0 bridgehead atoms. The Labute approximate surface area is 114 Å². The summed E-state index contributed by atoms with van der Waals surface area (Å²) in [6.45, 7) is 1.72. The largest absolute Gasteiger partial charge is 0.416 e. The van der Waals surface area contributed by atoms with Gasteiger partial charge in [0.1, 0.15) is 0 Å². The number of carbonyl (C=O) groups excluding carboxylic acids is 1. The van der Waals surface area contributed by atoms with E-state index in [1.54, 1.807) is 25.3 Å². The molecule has 0 fully saturated rings. The number of benzene rings is 1. The lowest BCUT2D eigenvalue weighted by atomic mass is 10.0. The van der Waals surface area contributed by atoms with E-state index in [-0.39, 0.29) is 12.2 Å². The normalized spacial score (nSPS) is 11.4. The van der Waals surface area contributed by atoms with E-state index in [0.29, 0.717) is 16.8 Å². The summed E-state index contributed by atoms with van der Waals surface area (Å²) in [6, 6.07) is 7.94. The lowest BCUT2D eigenvalue weighted by Crippen LogP contribution is -2.08. The van der Waals surface area contributed by atoms with E-state index in [0.717, 1.165) is 12.1 Å². The summed E-state index contributed by atoms with van der Waals surface area (Å²) in [6.07, 6.45) is -2.71. The van der Waals surface area contributed by atoms with Crippen molar-refractivity contribution in [3.63, 3.8) is 0 Å². The molecule has 1 aromatic heterocycles. The molecule has 2 nitrogen and oxygen atoms in total. The third-order valence-electron chi connectivity index (χ3n) is 2.95. The molecular formula is C15H12F3NO. The smallest absolute Gasteiger partial charge is 0.294 e. The third-order valence-corrected chi connectivity index (χ3v) is 2.95. The molecule has 0 saturated heterocycles. The molecular weight excluding hydrogens is 267 g/mol. The number of ketones is 1. The highest BCUT2D eigenvalue weighted by Gasteiger charge is 2.29. The molecule has 0 atom stereocenters. The quantitative estimate of drug-likeness (QED) is 0.799. The molecule has 1 aromatic carbocycles. The van der Waals surface area contributed by atoms with Crippen LogP contribution in [0.2, 0.25) is 0 Å². The van der Waals surface area contributed by atoms with Crippen LogP contribution in [0.5, 0.6) is 0 Å². The van der Waals surface area contributed by atoms with Crippen molar-refractivity contribution in [3.05, 3.63) is 65.0 Å². The van der Waals surface area contributed by atoms with Crippen LogP contribution >= 0.6 is 0 Å². The first-order valence-corrected chi connectivity index (χ1v) is 5.99. The van der Waals surface area contributed by atoms with Crippen molar-refractivity contribution in [1.29, 1.82) is 0 Å². The molecule has 0 saturated carbocycles. The summed E-state index contributed by atoms with van der Waals surface area (Å²) in [5, 5.41) is 0. The number of alkyl halides is 3. The maximum Gasteiger partial charge on any atom is 0.416 e. The fourth-order valence-electron chi connectivity index (χ4n) is 1.87. The number of halogens is 3. The van der Waals surface area contributed by atoms with Gasteiger partial charge in [0.05, 0.1) is 5.56 Å². The number of nitrogens with zero attached hydrogens (tertiary/aromatic N) is 1. The van der Waals surface area contributed by atoms with Crippen molar-refractivity contribution in [2.45, 2.75) is 19.5 Å². The number of carbonyl (C=O) groups is 1. The number of hydrogen-bond acceptors (Lipinski definition) is 2. The highest BCUT2D eigenvalue weighted by Crippen LogP contribution is 2.29. The van der Waals surface area contributed by atoms with Gasteiger partial charge in [-0.3, -0.25) is 9.78 Å². The molecule has 0 aliphatic heterocycles. The van der Waals surface area contributed by atoms with Crippen molar-refractivity contribution in [1.82, 2.24) is 4.98 Å². The summed E-state index contributed by atoms with van der Waals surface area (Å²) >= 11 is 0. The van der Waals surface area contributed by atoms with Crippen molar-refractivity contribution in [2.24, 2.45) is 0 Å². The first kappa shape index (κ1) is 14.2. The first-order valence-electron chi connectivity index (χ1n) is 5.99. The molecule has 0 radical (unpaired) electrons. The number of pyridine rings is 1. The molecule has 104 valence electrons. The van der Waals surface area contributed by atoms with Crippen LogP contribution in [0, 0.1) is 6.92 Å². The predicted molar refractivity (Wildman–Crippen MR) is 68.5 cm³/mol. The van der Waals surface area contributed by atoms with Crippen molar-refractivity contribution >= 4 is 5.78 Å². The van der Waals surface area contributed by atoms with Crippen LogP contribution in [-0.2, 0) is 12.6 Å². The minimum Gasteiger partial charge on any atom is -0.294 e. The maximum absolute atomic E-state index is 12.4. The van der Waals surface area contributed by atoms with E-state index >= 15 is 0 Å². The van der Waals surface area contributed by atoms with Gasteiger partial charge in [-0.25, -0.2) is 0 Å². The second-order valence-corrected chi connectivity index (χ2v) is 4.43. The highest BCUT2D eigenvalue weighted by molar-refractivity contribution is 5.98. The van der Waals surface area contributed by atoms with Crippen molar-refractivity contribution in [3.8, 4) is 0 Å². The second kappa shape index (κ2) is 5.45. The van der Waals surface area contributed by atoms with Gasteiger partial charge in [0.15, 0.2) is 5.78 Å². The molecule has 0 amide bonds. The van der Waals surface area contributed by atoms with Gasteiger partial charge in [0.2, 0.25) is 0 Å². The van der Waals surface area contributed by atoms with Gasteiger partial charge in [0, 0.05) is 23.9 Å². The van der Waals surface area contributed by atoms with Gasteiger partial charge >= 0.3 is 6.18 Å². The van der Waals surface area contributed by atoms with E-state index < -0.39 is 11.7 Å². The number of aryl methyl sites for hydroxylation is 1. The SMILES string of the molecule is Cc1ncccc1C(=O)Cc1ccc(C(F)(F)F)cc1. The first-order chi connectivity index (χ1) is 9.38. The maximum atomic E-state index is 12.4. The van der Waals surface area contributed by atoms with Gasteiger partial charge in [-0.2, -0.15) is 13.2 Å². The summed E-state index contributed by atoms with van der Waals surface area (Å²) in [4.78, 5) is 16.1. The van der Waals surface area contributed by atoms with Crippen LogP contribution in [0.4, 0.5) is 13.2 Å². The lowest BCUT2D eigenvalue weighted by Gasteiger charge is -2.08. The molecule has 5 heteroatoms. The highest BCUT2D eigenvalue weighted by atomic mass is 19.4. The van der Waals surface area contributed by atoms with E-state index in [1.165, 1.54) is 12.1 Å². The fourth-order valence-corrected chi connectivity index (χ4v) is 1.87. The monoisotopic (exact) mass is 279 g/mol. The molecule has 0 aliphatic carbocycles. The van der Waals surface area contributed by atoms with Crippen LogP contribution in [0.1, 0.15) is 27.2 Å². The summed E-state index contributed by atoms with van der Waals surface area (Å²) in [5.74, 6) is -0.157. The predicted octanol–water partition coefficient (Wildman–Crippen LogP) is 3.83. The molecule has 1 heterocycles. The minimum absolute atomic E-state index is 0.0602. The number of rotatable bonds is 3. The van der Waals surface area contributed by atoms with Crippen molar-refractivity contribution < 1.29 is 18.0 Å². The van der Waals surface area contributed by atoms with Crippen LogP contribution in [0.15, 0.2) is 42.6 Å². The van der Waals surface area contributed by atoms with Crippen LogP contribution in [0.25, 0.3) is 0 Å². The van der Waals surface area contributed by atoms with E-state index in [2.05, 4.69) is 4.98 Å². The molecule has 2 aromatic rings. The zero-order chi connectivity index (χ0) is 14.8. The molecule has 0 unspecified atom stereocenters. The Morgan fingerprint density at radius 1 is 1.15 bits per heavy atom. The summed E-state index contributed by atoms with van der Waals surface area (Å²) in [7, 11) is 0. The Balaban J connectivity index is 2.15. The Morgan fingerprint density at radius 3 is 2.35 bits per heavy atom. The number of aromatic nitrogens is 1. The third kappa shape index (κ3) is 3.23. The van der Waals surface area contributed by atoms with Gasteiger partial charge < -0.3 is 0 Å². The number of hydrogen-bond donors (Lipinski definition) is 0. The van der Waals surface area contributed by atoms with Crippen molar-refractivity contribution in [2.75, 3.05) is 0 Å². The summed E-state index contributed by atoms with van der Waals surface area (Å²) in [5.41, 5.74) is 0.939. The number of Topliss-reactive ketones (excluding diaryl/α,β-unsaturated/α-hetero) is 1. The fraction of sp³-hybridized carbons (Fsp3) is 0.200. The lowest BCUT2D eigenvalue weighted by molar-refractivity contribution is -0.137. The average molecular weight is 279 g/mol.